The summed E-state index contributed by atoms with van der Waals surface area (Å²) in [6.07, 6.45) is -7.41. The minimum atomic E-state index is -2.32. The molecule has 1 aliphatic heterocycles. The number of Topliss-reactive ketones (excluding diaryl/α,β-unsaturated/α-hetero) is 1. The van der Waals surface area contributed by atoms with Crippen LogP contribution in [-0.2, 0) is 28.5 Å². The number of esters is 2. The van der Waals surface area contributed by atoms with Crippen LogP contribution in [0.25, 0.3) is 0 Å². The molecule has 0 spiro atoms. The third kappa shape index (κ3) is 8.13. The monoisotopic (exact) mass is 743 g/mol. The maximum Gasteiger partial charge on any atom is 0.408 e. The number of aliphatic hydroxyl groups is 5. The van der Waals surface area contributed by atoms with E-state index in [0.29, 0.717) is 5.57 Å². The second-order valence-electron chi connectivity index (χ2n) is 15.2. The van der Waals surface area contributed by atoms with Gasteiger partial charge in [-0.05, 0) is 56.9 Å². The Morgan fingerprint density at radius 1 is 1.09 bits per heavy atom. The van der Waals surface area contributed by atoms with Gasteiger partial charge in [0.15, 0.2) is 11.9 Å². The van der Waals surface area contributed by atoms with Gasteiger partial charge >= 0.3 is 18.0 Å². The van der Waals surface area contributed by atoms with Gasteiger partial charge in [0.05, 0.1) is 30.4 Å². The maximum absolute atomic E-state index is 13.8. The Bertz CT molecular complexity index is 1620. The van der Waals surface area contributed by atoms with Gasteiger partial charge in [-0.3, -0.25) is 4.79 Å². The summed E-state index contributed by atoms with van der Waals surface area (Å²) >= 11 is 0. The fraction of sp³-hybridized carbons (Fsp3) is 0.590. The predicted molar refractivity (Wildman–Crippen MR) is 190 cm³/mol. The number of amides is 1. The summed E-state index contributed by atoms with van der Waals surface area (Å²) in [5.74, 6) is -4.73. The Balaban J connectivity index is 1.85. The standard InChI is InChI=1S/C39H53NO13/c1-9-15-50-36(47)40-25(16-20(2)3)32(44)35(46)52-27-18-39(49,37(7,8)29(22(27)5)31(43)23(6)41)33(53-34(45)24-13-11-10-12-14-24)30-21(4)26(42)17-28-38(30,48)19-51-28/h9-14,16,21,25-28,30-33,42-44,48-49H,1,15,17-19H2,2-8H3,(H,40,47)/t21-,25?,26?,27?,28?,30?,31?,32?,33?,38-,39?/m0/s1. The fourth-order valence-electron chi connectivity index (χ4n) is 8.04. The van der Waals surface area contributed by atoms with E-state index in [-0.39, 0.29) is 36.3 Å². The summed E-state index contributed by atoms with van der Waals surface area (Å²) in [6, 6.07) is 6.62. The highest BCUT2D eigenvalue weighted by molar-refractivity contribution is 5.89. The third-order valence-electron chi connectivity index (χ3n) is 11.1. The van der Waals surface area contributed by atoms with Gasteiger partial charge in [-0.15, -0.1) is 0 Å². The van der Waals surface area contributed by atoms with Crippen molar-refractivity contribution in [3.63, 3.8) is 0 Å². The lowest BCUT2D eigenvalue weighted by atomic mass is 9.52. The number of ether oxygens (including phenoxy) is 4. The van der Waals surface area contributed by atoms with E-state index in [1.165, 1.54) is 31.2 Å². The molecule has 1 amide bonds. The number of alkyl carbamates (subject to hydrolysis) is 1. The molecule has 0 radical (unpaired) electrons. The van der Waals surface area contributed by atoms with Crippen LogP contribution >= 0.6 is 0 Å². The van der Waals surface area contributed by atoms with Gasteiger partial charge in [0, 0.05) is 24.2 Å². The molecule has 53 heavy (non-hydrogen) atoms. The molecule has 292 valence electrons. The van der Waals surface area contributed by atoms with Gasteiger partial charge in [-0.1, -0.05) is 63.3 Å². The van der Waals surface area contributed by atoms with Crippen LogP contribution < -0.4 is 5.32 Å². The number of aliphatic hydroxyl groups excluding tert-OH is 3. The van der Waals surface area contributed by atoms with E-state index in [1.54, 1.807) is 52.8 Å². The second-order valence-corrected chi connectivity index (χ2v) is 15.2. The highest BCUT2D eigenvalue weighted by Gasteiger charge is 2.69. The zero-order valence-corrected chi connectivity index (χ0v) is 31.3. The van der Waals surface area contributed by atoms with E-state index >= 15 is 0 Å². The van der Waals surface area contributed by atoms with Crippen LogP contribution in [0.2, 0.25) is 0 Å². The normalized spacial score (nSPS) is 31.3. The average molecular weight is 744 g/mol. The van der Waals surface area contributed by atoms with E-state index < -0.39 is 101 Å². The first kappa shape index (κ1) is 41.8. The number of hydrogen-bond donors (Lipinski definition) is 6. The lowest BCUT2D eigenvalue weighted by Gasteiger charge is -2.62. The molecule has 2 aliphatic carbocycles. The highest BCUT2D eigenvalue weighted by atomic mass is 16.6. The molecule has 4 rings (SSSR count). The van der Waals surface area contributed by atoms with Crippen LogP contribution in [0.1, 0.15) is 71.7 Å². The molecule has 1 heterocycles. The van der Waals surface area contributed by atoms with Crippen molar-refractivity contribution < 1.29 is 63.7 Å². The van der Waals surface area contributed by atoms with Crippen molar-refractivity contribution in [2.75, 3.05) is 13.2 Å². The SMILES string of the molecule is C=CCOC(=O)NC(C=C(C)C)C(O)C(=O)OC1CC(O)(C(OC(=O)c2ccccc2)C2[C@@H](C)C(O)CC3OC[C@]32O)C(C)(C)C(C(O)C(C)=O)=C1C. The summed E-state index contributed by atoms with van der Waals surface area (Å²) in [5, 5.41) is 61.5. The molecular formula is C39H53NO13. The molecule has 0 aromatic heterocycles. The van der Waals surface area contributed by atoms with Crippen LogP contribution in [0.15, 0.2) is 65.8 Å². The lowest BCUT2D eigenvalue weighted by Crippen LogP contribution is -2.75. The number of fused-ring (bicyclic) bond motifs is 1. The molecule has 14 heteroatoms. The van der Waals surface area contributed by atoms with Crippen LogP contribution in [0, 0.1) is 17.3 Å². The molecule has 0 bridgehead atoms. The molecule has 2 fully saturated rings. The Morgan fingerprint density at radius 2 is 1.74 bits per heavy atom. The number of benzene rings is 1. The first-order chi connectivity index (χ1) is 24.7. The Morgan fingerprint density at radius 3 is 2.28 bits per heavy atom. The number of rotatable bonds is 13. The smallest absolute Gasteiger partial charge is 0.408 e. The summed E-state index contributed by atoms with van der Waals surface area (Å²) in [5.41, 5.74) is -4.71. The number of carbonyl (C=O) groups is 4. The fourth-order valence-corrected chi connectivity index (χ4v) is 8.04. The van der Waals surface area contributed by atoms with E-state index in [1.807, 2.05) is 0 Å². The van der Waals surface area contributed by atoms with Gasteiger partial charge < -0.3 is 49.8 Å². The third-order valence-corrected chi connectivity index (χ3v) is 11.1. The van der Waals surface area contributed by atoms with Crippen molar-refractivity contribution in [3.8, 4) is 0 Å². The van der Waals surface area contributed by atoms with Crippen molar-refractivity contribution in [1.82, 2.24) is 5.32 Å². The van der Waals surface area contributed by atoms with Gasteiger partial charge in [0.2, 0.25) is 0 Å². The molecule has 3 aliphatic rings. The molecule has 14 nitrogen and oxygen atoms in total. The van der Waals surface area contributed by atoms with Crippen molar-refractivity contribution in [3.05, 3.63) is 71.3 Å². The molecule has 9 unspecified atom stereocenters. The van der Waals surface area contributed by atoms with E-state index in [9.17, 15) is 44.7 Å². The molecule has 1 saturated heterocycles. The van der Waals surface area contributed by atoms with Crippen LogP contribution in [-0.4, -0.2) is 116 Å². The second kappa shape index (κ2) is 16.2. The first-order valence-electron chi connectivity index (χ1n) is 17.7. The van der Waals surface area contributed by atoms with Crippen LogP contribution in [0.5, 0.6) is 0 Å². The molecule has 11 atom stereocenters. The Kier molecular flexibility index (Phi) is 12.8. The molecular weight excluding hydrogens is 690 g/mol. The van der Waals surface area contributed by atoms with Gasteiger partial charge in [0.1, 0.15) is 36.1 Å². The molecule has 6 N–H and O–H groups in total. The summed E-state index contributed by atoms with van der Waals surface area (Å²) in [4.78, 5) is 52.8. The first-order valence-corrected chi connectivity index (χ1v) is 17.7. The highest BCUT2D eigenvalue weighted by Crippen LogP contribution is 2.57. The quantitative estimate of drug-likeness (QED) is 0.0973. The predicted octanol–water partition coefficient (Wildman–Crippen LogP) is 2.31. The topological polar surface area (TPSA) is 218 Å². The minimum Gasteiger partial charge on any atom is -0.456 e. The molecule has 1 aromatic carbocycles. The van der Waals surface area contributed by atoms with Gasteiger partial charge in [-0.2, -0.15) is 0 Å². The van der Waals surface area contributed by atoms with Crippen molar-refractivity contribution in [2.24, 2.45) is 17.3 Å². The zero-order chi connectivity index (χ0) is 39.6. The molecule has 1 aromatic rings. The van der Waals surface area contributed by atoms with Gasteiger partial charge in [-0.25, -0.2) is 14.4 Å². The van der Waals surface area contributed by atoms with Gasteiger partial charge in [0.25, 0.3) is 0 Å². The maximum atomic E-state index is 13.8. The number of nitrogens with one attached hydrogen (secondary N) is 1. The number of ketones is 1. The summed E-state index contributed by atoms with van der Waals surface area (Å²) < 4.78 is 22.7. The Hall–Kier alpha value is -3.92. The van der Waals surface area contributed by atoms with Crippen LogP contribution in [0.4, 0.5) is 4.79 Å². The molecule has 1 saturated carbocycles. The number of hydrogen-bond acceptors (Lipinski definition) is 13. The number of allylic oxidation sites excluding steroid dienone is 1. The van der Waals surface area contributed by atoms with E-state index in [4.69, 9.17) is 18.9 Å². The van der Waals surface area contributed by atoms with E-state index in [2.05, 4.69) is 11.9 Å². The number of carbonyl (C=O) groups excluding carboxylic acids is 4. The largest absolute Gasteiger partial charge is 0.456 e. The minimum absolute atomic E-state index is 0.0313. The van der Waals surface area contributed by atoms with E-state index in [0.717, 1.165) is 6.92 Å². The summed E-state index contributed by atoms with van der Waals surface area (Å²) in [7, 11) is 0. The Labute approximate surface area is 309 Å². The van der Waals surface area contributed by atoms with Crippen molar-refractivity contribution in [2.45, 2.75) is 115 Å². The zero-order valence-electron chi connectivity index (χ0n) is 31.3. The lowest BCUT2D eigenvalue weighted by molar-refractivity contribution is -0.329. The van der Waals surface area contributed by atoms with Crippen molar-refractivity contribution in [1.29, 1.82) is 0 Å². The van der Waals surface area contributed by atoms with Crippen LogP contribution in [0.3, 0.4) is 0 Å². The summed E-state index contributed by atoms with van der Waals surface area (Å²) in [6.45, 7) is 13.9. The average Bonchev–Trinajstić information content (AvgIpc) is 3.09. The van der Waals surface area contributed by atoms with Crippen molar-refractivity contribution >= 4 is 23.8 Å².